The van der Waals surface area contributed by atoms with Crippen molar-refractivity contribution in [3.05, 3.63) is 100 Å². The Balaban J connectivity index is 1.68. The van der Waals surface area contributed by atoms with Gasteiger partial charge in [0.2, 0.25) is 10.0 Å². The molecule has 8 nitrogen and oxygen atoms in total. The Morgan fingerprint density at radius 1 is 0.921 bits per heavy atom. The highest BCUT2D eigenvalue weighted by Crippen LogP contribution is 2.31. The van der Waals surface area contributed by atoms with Crippen LogP contribution >= 0.6 is 0 Å². The van der Waals surface area contributed by atoms with Crippen molar-refractivity contribution >= 4 is 31.7 Å². The van der Waals surface area contributed by atoms with Gasteiger partial charge in [-0.15, -0.1) is 0 Å². The molecule has 1 atom stereocenters. The number of sulfonamides is 1. The molecule has 0 bridgehead atoms. The van der Waals surface area contributed by atoms with Crippen molar-refractivity contribution in [2.24, 2.45) is 7.05 Å². The van der Waals surface area contributed by atoms with Crippen LogP contribution in [0.4, 0.5) is 13.2 Å². The van der Waals surface area contributed by atoms with E-state index in [4.69, 9.17) is 0 Å². The molecule has 194 valence electrons. The number of benzene rings is 1. The molecule has 5 aromatic rings. The molecule has 2 aromatic carbocycles. The van der Waals surface area contributed by atoms with E-state index in [0.717, 1.165) is 24.0 Å². The molecule has 0 aliphatic rings. The van der Waals surface area contributed by atoms with Crippen molar-refractivity contribution in [1.29, 1.82) is 0 Å². The quantitative estimate of drug-likeness (QED) is 0.359. The molecule has 12 heteroatoms. The Morgan fingerprint density at radius 3 is 2.32 bits per heavy atom. The molecular formula is C26H20F3N5O3S. The zero-order valence-corrected chi connectivity index (χ0v) is 20.9. The Morgan fingerprint density at radius 2 is 1.68 bits per heavy atom. The van der Waals surface area contributed by atoms with Crippen LogP contribution in [0, 0.1) is 0 Å². The molecule has 0 fully saturated rings. The molecule has 3 aromatic heterocycles. The summed E-state index contributed by atoms with van der Waals surface area (Å²) in [5, 5.41) is 5.37. The van der Waals surface area contributed by atoms with E-state index in [1.54, 1.807) is 60.7 Å². The van der Waals surface area contributed by atoms with Crippen LogP contribution in [-0.2, 0) is 23.2 Å². The molecule has 0 aliphatic carbocycles. The van der Waals surface area contributed by atoms with Crippen molar-refractivity contribution in [3.63, 3.8) is 0 Å². The van der Waals surface area contributed by atoms with Gasteiger partial charge in [-0.2, -0.15) is 18.3 Å². The van der Waals surface area contributed by atoms with E-state index in [1.807, 2.05) is 0 Å². The first-order valence-corrected chi connectivity index (χ1v) is 13.1. The fourth-order valence-corrected chi connectivity index (χ4v) is 4.87. The van der Waals surface area contributed by atoms with Crippen LogP contribution in [0.2, 0.25) is 0 Å². The first kappa shape index (κ1) is 25.5. The fourth-order valence-electron chi connectivity index (χ4n) is 4.18. The summed E-state index contributed by atoms with van der Waals surface area (Å²) in [5.41, 5.74) is 1.03. The first-order valence-electron chi connectivity index (χ1n) is 11.3. The summed E-state index contributed by atoms with van der Waals surface area (Å²) in [6, 6.07) is 10.8. The standard InChI is InChI=1S/C26H20F3N5O3S/c1-34-14-18(12-32-34)17-10-21-22(30-11-17)7-5-15-3-4-16(9-20(15)25(21)35)24(33-38(2,36)37)23-8-6-19(13-31-23)26(27,28)29/h3-14,24,33H,1-2H3. The summed E-state index contributed by atoms with van der Waals surface area (Å²) >= 11 is 0. The number of rotatable bonds is 5. The molecule has 5 rings (SSSR count). The molecule has 0 saturated carbocycles. The van der Waals surface area contributed by atoms with Crippen LogP contribution in [0.3, 0.4) is 0 Å². The van der Waals surface area contributed by atoms with Crippen molar-refractivity contribution in [2.45, 2.75) is 12.2 Å². The number of aromatic nitrogens is 4. The molecule has 0 saturated heterocycles. The summed E-state index contributed by atoms with van der Waals surface area (Å²) in [4.78, 5) is 22.0. The second-order valence-electron chi connectivity index (χ2n) is 8.86. The average molecular weight is 540 g/mol. The van der Waals surface area contributed by atoms with Crippen LogP contribution in [0.15, 0.2) is 78.1 Å². The van der Waals surface area contributed by atoms with Crippen LogP contribution in [0.5, 0.6) is 0 Å². The highest BCUT2D eigenvalue weighted by Gasteiger charge is 2.31. The van der Waals surface area contributed by atoms with E-state index in [0.29, 0.717) is 33.6 Å². The molecule has 1 N–H and O–H groups in total. The van der Waals surface area contributed by atoms with E-state index in [2.05, 4.69) is 19.8 Å². The van der Waals surface area contributed by atoms with Crippen molar-refractivity contribution in [3.8, 4) is 11.1 Å². The lowest BCUT2D eigenvalue weighted by atomic mass is 10.00. The van der Waals surface area contributed by atoms with E-state index in [9.17, 15) is 26.4 Å². The maximum Gasteiger partial charge on any atom is 0.417 e. The zero-order valence-electron chi connectivity index (χ0n) is 20.1. The number of hydrogen-bond acceptors (Lipinski definition) is 6. The number of halogens is 3. The maximum absolute atomic E-state index is 13.7. The highest BCUT2D eigenvalue weighted by atomic mass is 32.2. The summed E-state index contributed by atoms with van der Waals surface area (Å²) < 4.78 is 67.5. The molecule has 1 unspecified atom stereocenters. The number of nitrogens with one attached hydrogen (secondary N) is 1. The lowest BCUT2D eigenvalue weighted by Crippen LogP contribution is -2.29. The number of aryl methyl sites for hydroxylation is 1. The van der Waals surface area contributed by atoms with E-state index in [1.165, 1.54) is 6.07 Å². The van der Waals surface area contributed by atoms with Gasteiger partial charge in [-0.1, -0.05) is 18.2 Å². The third-order valence-corrected chi connectivity index (χ3v) is 6.68. The van der Waals surface area contributed by atoms with Gasteiger partial charge in [0.1, 0.15) is 0 Å². The third kappa shape index (κ3) is 5.13. The Labute approximate surface area is 214 Å². The minimum Gasteiger partial charge on any atom is -0.289 e. The number of pyridine rings is 2. The minimum atomic E-state index is -4.59. The van der Waals surface area contributed by atoms with E-state index in [-0.39, 0.29) is 16.5 Å². The largest absolute Gasteiger partial charge is 0.417 e. The molecule has 0 aliphatic heterocycles. The SMILES string of the molecule is Cn1cc(-c2cnc3ccc4ccc(C(NS(C)(=O)=O)c5ccc(C(F)(F)F)cn5)cc4c(=O)c3c2)cn1. The third-order valence-electron chi connectivity index (χ3n) is 6.02. The number of fused-ring (bicyclic) bond motifs is 2. The second kappa shape index (κ2) is 9.30. The smallest absolute Gasteiger partial charge is 0.289 e. The normalized spacial score (nSPS) is 13.2. The van der Waals surface area contributed by atoms with Gasteiger partial charge in [0, 0.05) is 47.5 Å². The van der Waals surface area contributed by atoms with E-state index >= 15 is 0 Å². The molecule has 38 heavy (non-hydrogen) atoms. The van der Waals surface area contributed by atoms with Gasteiger partial charge in [0.05, 0.1) is 35.3 Å². The molecule has 0 amide bonds. The summed E-state index contributed by atoms with van der Waals surface area (Å²) in [6.07, 6.45) is 2.09. The Hall–Kier alpha value is -4.16. The Kier molecular flexibility index (Phi) is 6.24. The number of hydrogen-bond donors (Lipinski definition) is 1. The summed E-state index contributed by atoms with van der Waals surface area (Å²) in [6.45, 7) is 0. The van der Waals surface area contributed by atoms with Crippen LogP contribution in [0.25, 0.3) is 32.8 Å². The van der Waals surface area contributed by atoms with Crippen molar-refractivity contribution in [2.75, 3.05) is 6.26 Å². The van der Waals surface area contributed by atoms with Gasteiger partial charge in [0.15, 0.2) is 5.43 Å². The lowest BCUT2D eigenvalue weighted by molar-refractivity contribution is -0.137. The first-order chi connectivity index (χ1) is 17.9. The summed E-state index contributed by atoms with van der Waals surface area (Å²) in [5.74, 6) is 0. The Bertz CT molecular complexity index is 1850. The van der Waals surface area contributed by atoms with E-state index < -0.39 is 27.8 Å². The predicted molar refractivity (Wildman–Crippen MR) is 137 cm³/mol. The monoisotopic (exact) mass is 539 g/mol. The van der Waals surface area contributed by atoms with Crippen LogP contribution < -0.4 is 10.2 Å². The molecule has 0 spiro atoms. The predicted octanol–water partition coefficient (Wildman–Crippen LogP) is 4.20. The van der Waals surface area contributed by atoms with Gasteiger partial charge in [0.25, 0.3) is 0 Å². The van der Waals surface area contributed by atoms with Crippen molar-refractivity contribution < 1.29 is 21.6 Å². The number of nitrogens with zero attached hydrogens (tertiary/aromatic N) is 4. The van der Waals surface area contributed by atoms with Crippen LogP contribution in [0.1, 0.15) is 22.9 Å². The summed E-state index contributed by atoms with van der Waals surface area (Å²) in [7, 11) is -2.04. The van der Waals surface area contributed by atoms with Crippen molar-refractivity contribution in [1.82, 2.24) is 24.5 Å². The fraction of sp³-hybridized carbons (Fsp3) is 0.154. The van der Waals surface area contributed by atoms with Gasteiger partial charge >= 0.3 is 6.18 Å². The molecule has 3 heterocycles. The molecule has 0 radical (unpaired) electrons. The van der Waals surface area contributed by atoms with Gasteiger partial charge < -0.3 is 0 Å². The highest BCUT2D eigenvalue weighted by molar-refractivity contribution is 7.88. The maximum atomic E-state index is 13.7. The van der Waals surface area contributed by atoms with Gasteiger partial charge in [-0.05, 0) is 41.3 Å². The number of alkyl halides is 3. The molecular weight excluding hydrogens is 519 g/mol. The second-order valence-corrected chi connectivity index (χ2v) is 10.6. The van der Waals surface area contributed by atoms with Crippen LogP contribution in [-0.4, -0.2) is 34.4 Å². The average Bonchev–Trinajstić information content (AvgIpc) is 3.25. The zero-order chi connectivity index (χ0) is 27.2. The topological polar surface area (TPSA) is 107 Å². The van der Waals surface area contributed by atoms with Gasteiger partial charge in [-0.25, -0.2) is 13.1 Å². The lowest BCUT2D eigenvalue weighted by Gasteiger charge is -2.18. The van der Waals surface area contributed by atoms with Gasteiger partial charge in [-0.3, -0.25) is 19.4 Å². The minimum absolute atomic E-state index is 0.0425.